The van der Waals surface area contributed by atoms with E-state index in [2.05, 4.69) is 31.1 Å². The van der Waals surface area contributed by atoms with Crippen LogP contribution in [0.4, 0.5) is 0 Å². The predicted octanol–water partition coefficient (Wildman–Crippen LogP) is 3.97. The van der Waals surface area contributed by atoms with Crippen LogP contribution in [0.15, 0.2) is 18.5 Å². The van der Waals surface area contributed by atoms with Gasteiger partial charge in [0.2, 0.25) is 0 Å². The number of rotatable bonds is 7. The molecule has 1 N–H and O–H groups in total. The molecule has 0 amide bonds. The second-order valence-corrected chi connectivity index (χ2v) is 6.09. The molecule has 0 aliphatic carbocycles. The summed E-state index contributed by atoms with van der Waals surface area (Å²) < 4.78 is 0. The molecule has 0 radical (unpaired) electrons. The summed E-state index contributed by atoms with van der Waals surface area (Å²) in [4.78, 5) is 10.5. The Morgan fingerprint density at radius 1 is 1.25 bits per heavy atom. The lowest BCUT2D eigenvalue weighted by atomic mass is 10.2. The van der Waals surface area contributed by atoms with Crippen LogP contribution in [0.1, 0.15) is 42.8 Å². The fraction of sp³-hybridized carbons (Fsp3) is 0.500. The van der Waals surface area contributed by atoms with Crippen molar-refractivity contribution in [2.75, 3.05) is 6.54 Å². The van der Waals surface area contributed by atoms with E-state index in [4.69, 9.17) is 4.98 Å². The molecule has 20 heavy (non-hydrogen) atoms. The molecule has 3 nitrogen and oxygen atoms in total. The number of nitrogens with zero attached hydrogens (tertiary/aromatic N) is 2. The number of pyridine rings is 1. The van der Waals surface area contributed by atoms with Crippen LogP contribution in [0, 0.1) is 6.92 Å². The van der Waals surface area contributed by atoms with Crippen LogP contribution >= 0.6 is 11.3 Å². The third-order valence-corrected chi connectivity index (χ3v) is 4.38. The smallest absolute Gasteiger partial charge is 0.125 e. The molecule has 0 unspecified atom stereocenters. The number of aryl methyl sites for hydroxylation is 2. The molecule has 0 aliphatic rings. The van der Waals surface area contributed by atoms with Crippen molar-refractivity contribution in [1.29, 1.82) is 0 Å². The molecule has 2 heterocycles. The summed E-state index contributed by atoms with van der Waals surface area (Å²) in [5.74, 6) is 0. The van der Waals surface area contributed by atoms with Gasteiger partial charge in [-0.25, -0.2) is 4.98 Å². The van der Waals surface area contributed by atoms with Crippen molar-refractivity contribution in [3.63, 3.8) is 0 Å². The molecule has 0 saturated carbocycles. The van der Waals surface area contributed by atoms with Crippen LogP contribution in [0.3, 0.4) is 0 Å². The van der Waals surface area contributed by atoms with Crippen molar-refractivity contribution < 1.29 is 0 Å². The Balaban J connectivity index is 2.26. The lowest BCUT2D eigenvalue weighted by Gasteiger charge is -2.02. The van der Waals surface area contributed by atoms with Crippen LogP contribution < -0.4 is 5.32 Å². The average Bonchev–Trinajstić information content (AvgIpc) is 2.83. The van der Waals surface area contributed by atoms with Crippen LogP contribution in [0.25, 0.3) is 10.6 Å². The lowest BCUT2D eigenvalue weighted by molar-refractivity contribution is 0.674. The molecule has 0 fully saturated rings. The van der Waals surface area contributed by atoms with Crippen molar-refractivity contribution in [3.05, 3.63) is 34.6 Å². The van der Waals surface area contributed by atoms with E-state index in [1.807, 2.05) is 18.5 Å². The summed E-state index contributed by atoms with van der Waals surface area (Å²) in [5.41, 5.74) is 3.65. The van der Waals surface area contributed by atoms with Gasteiger partial charge in [-0.15, -0.1) is 11.3 Å². The van der Waals surface area contributed by atoms with E-state index in [0.717, 1.165) is 42.9 Å². The summed E-state index contributed by atoms with van der Waals surface area (Å²) in [6.45, 7) is 8.51. The lowest BCUT2D eigenvalue weighted by Crippen LogP contribution is -2.13. The van der Waals surface area contributed by atoms with Crippen LogP contribution in [-0.2, 0) is 13.0 Å². The Labute approximate surface area is 125 Å². The number of aromatic nitrogens is 2. The van der Waals surface area contributed by atoms with Gasteiger partial charge in [0.15, 0.2) is 0 Å². The second kappa shape index (κ2) is 7.50. The average molecular weight is 289 g/mol. The highest BCUT2D eigenvalue weighted by molar-refractivity contribution is 7.15. The third kappa shape index (κ3) is 3.64. The highest BCUT2D eigenvalue weighted by Crippen LogP contribution is 2.30. The zero-order valence-corrected chi connectivity index (χ0v) is 13.4. The highest BCUT2D eigenvalue weighted by Gasteiger charge is 2.13. The molecule has 0 atom stereocenters. The van der Waals surface area contributed by atoms with Gasteiger partial charge in [0.05, 0.1) is 5.69 Å². The number of hydrogen-bond donors (Lipinski definition) is 1. The van der Waals surface area contributed by atoms with Gasteiger partial charge in [-0.2, -0.15) is 0 Å². The standard InChI is InChI=1S/C16H23N3S/c1-4-6-14-15(11-17-8-5-2)20-16(19-14)13-10-18-9-7-12(13)3/h7,9-10,17H,4-6,8,11H2,1-3H3. The van der Waals surface area contributed by atoms with Crippen molar-refractivity contribution in [2.45, 2.75) is 46.6 Å². The van der Waals surface area contributed by atoms with Crippen LogP contribution in [0.2, 0.25) is 0 Å². The van der Waals surface area contributed by atoms with Gasteiger partial charge in [0.25, 0.3) is 0 Å². The molecule has 4 heteroatoms. The largest absolute Gasteiger partial charge is 0.312 e. The Bertz CT molecular complexity index is 548. The number of thiazole rings is 1. The maximum atomic E-state index is 4.85. The van der Waals surface area contributed by atoms with Crippen LogP contribution in [0.5, 0.6) is 0 Å². The van der Waals surface area contributed by atoms with Gasteiger partial charge in [-0.05, 0) is 37.9 Å². The molecule has 2 aromatic heterocycles. The first-order valence-corrected chi connectivity index (χ1v) is 8.18. The molecular formula is C16H23N3S. The minimum Gasteiger partial charge on any atom is -0.312 e. The van der Waals surface area contributed by atoms with Gasteiger partial charge in [0.1, 0.15) is 5.01 Å². The summed E-state index contributed by atoms with van der Waals surface area (Å²) in [5, 5.41) is 4.59. The van der Waals surface area contributed by atoms with Crippen molar-refractivity contribution in [2.24, 2.45) is 0 Å². The van der Waals surface area contributed by atoms with E-state index in [-0.39, 0.29) is 0 Å². The minimum atomic E-state index is 0.931. The summed E-state index contributed by atoms with van der Waals surface area (Å²) in [7, 11) is 0. The molecule has 108 valence electrons. The normalized spacial score (nSPS) is 10.9. The van der Waals surface area contributed by atoms with Gasteiger partial charge in [-0.1, -0.05) is 20.3 Å². The van der Waals surface area contributed by atoms with Crippen molar-refractivity contribution in [3.8, 4) is 10.6 Å². The maximum Gasteiger partial charge on any atom is 0.125 e. The summed E-state index contributed by atoms with van der Waals surface area (Å²) in [6, 6.07) is 2.05. The predicted molar refractivity (Wildman–Crippen MR) is 86.1 cm³/mol. The molecule has 0 bridgehead atoms. The number of nitrogens with one attached hydrogen (secondary N) is 1. The quantitative estimate of drug-likeness (QED) is 0.784. The van der Waals surface area contributed by atoms with E-state index in [9.17, 15) is 0 Å². The summed E-state index contributed by atoms with van der Waals surface area (Å²) >= 11 is 1.80. The molecule has 2 rings (SSSR count). The SMILES string of the molecule is CCCNCc1sc(-c2cnccc2C)nc1CCC. The number of hydrogen-bond acceptors (Lipinski definition) is 4. The maximum absolute atomic E-state index is 4.85. The molecule has 0 spiro atoms. The fourth-order valence-corrected chi connectivity index (χ4v) is 3.29. The zero-order valence-electron chi connectivity index (χ0n) is 12.6. The van der Waals surface area contributed by atoms with Crippen LogP contribution in [-0.4, -0.2) is 16.5 Å². The topological polar surface area (TPSA) is 37.8 Å². The first-order valence-electron chi connectivity index (χ1n) is 7.36. The highest BCUT2D eigenvalue weighted by atomic mass is 32.1. The molecule has 0 aromatic carbocycles. The molecule has 0 aliphatic heterocycles. The van der Waals surface area contributed by atoms with Gasteiger partial charge in [0, 0.05) is 29.4 Å². The molecule has 0 saturated heterocycles. The van der Waals surface area contributed by atoms with Crippen molar-refractivity contribution >= 4 is 11.3 Å². The fourth-order valence-electron chi connectivity index (χ4n) is 2.14. The Hall–Kier alpha value is -1.26. The van der Waals surface area contributed by atoms with Gasteiger partial charge >= 0.3 is 0 Å². The first kappa shape index (κ1) is 15.1. The monoisotopic (exact) mass is 289 g/mol. The van der Waals surface area contributed by atoms with E-state index >= 15 is 0 Å². The Morgan fingerprint density at radius 3 is 2.80 bits per heavy atom. The van der Waals surface area contributed by atoms with E-state index in [1.54, 1.807) is 11.3 Å². The third-order valence-electron chi connectivity index (χ3n) is 3.25. The molecule has 2 aromatic rings. The van der Waals surface area contributed by atoms with E-state index < -0.39 is 0 Å². The summed E-state index contributed by atoms with van der Waals surface area (Å²) in [6.07, 6.45) is 7.11. The minimum absolute atomic E-state index is 0.931. The Morgan fingerprint density at radius 2 is 2.10 bits per heavy atom. The van der Waals surface area contributed by atoms with E-state index in [0.29, 0.717) is 0 Å². The zero-order chi connectivity index (χ0) is 14.4. The van der Waals surface area contributed by atoms with Gasteiger partial charge in [-0.3, -0.25) is 4.98 Å². The van der Waals surface area contributed by atoms with Crippen molar-refractivity contribution in [1.82, 2.24) is 15.3 Å². The van der Waals surface area contributed by atoms with E-state index in [1.165, 1.54) is 16.1 Å². The first-order chi connectivity index (χ1) is 9.76. The molecular weight excluding hydrogens is 266 g/mol. The van der Waals surface area contributed by atoms with Gasteiger partial charge < -0.3 is 5.32 Å². The second-order valence-electron chi connectivity index (χ2n) is 5.01. The Kier molecular flexibility index (Phi) is 5.68.